The molecule has 142 heavy (non-hydrogen) atoms. The summed E-state index contributed by atoms with van der Waals surface area (Å²) in [5.74, 6) is 4.47. The van der Waals surface area contributed by atoms with Gasteiger partial charge < -0.3 is 120 Å². The van der Waals surface area contributed by atoms with Crippen LogP contribution in [-0.4, -0.2) is 269 Å². The van der Waals surface area contributed by atoms with Gasteiger partial charge in [0.2, 0.25) is 0 Å². The van der Waals surface area contributed by atoms with E-state index in [0.717, 1.165) is 122 Å². The van der Waals surface area contributed by atoms with Crippen molar-refractivity contribution in [3.05, 3.63) is 259 Å². The predicted molar refractivity (Wildman–Crippen MR) is 562 cm³/mol. The molecule has 4 bridgehead atoms. The molecule has 9 heterocycles. The van der Waals surface area contributed by atoms with E-state index in [-0.39, 0.29) is 30.2 Å². The first-order chi connectivity index (χ1) is 69.6. The third-order valence-electron chi connectivity index (χ3n) is 24.5. The Hall–Kier alpha value is -12.0. The van der Waals surface area contributed by atoms with Crippen molar-refractivity contribution in [1.29, 1.82) is 10.5 Å². The standard InChI is InChI=1S/C62H74N6O10.C50H63N3O9S2/c1-7-49-11-13-51(14-12-49)46-74-28-8-21-62(4)53(52(44-63)61(78-62)54(45-64)65-5)17-15-50-16-20-57(60(43-50)77-40-35-69-6)68-26-33-75-58-41-47(2)9-18-55(58)66-22-29-70-36-38-72-31-24-67(25-32-73-39-37-71-30-23-66)56-19-10-48(3)42-59(56)76-34-27-68;1-38-4-11-43-46(34-38)60-26-20-53(45-13-7-40(36-48(45)62-33-28-55-3)6-8-41-9-14-49(63-41)50-15-10-42(37-54)64-50)21-27-61-47-35-39(2)5-12-44(47)52-18-24-58-31-29-56-22-16-51(43)17-23-57-30-32-59-25-19-52/h7,9-20,41-43H,1,8,21-40,46H2,2-4,6H3;4-15,34-36,54H,16-33,37H2,1-3H3/b17-15+,61-54-;8-6+. The van der Waals surface area contributed by atoms with Crippen LogP contribution in [0.4, 0.5) is 34.1 Å². The molecule has 16 rings (SSSR count). The Labute approximate surface area is 845 Å². The molecule has 7 aliphatic rings. The first-order valence-corrected chi connectivity index (χ1v) is 50.7. The molecule has 2 aromatic heterocycles. The Morgan fingerprint density at radius 3 is 1.16 bits per heavy atom. The second-order valence-electron chi connectivity index (χ2n) is 34.8. The summed E-state index contributed by atoms with van der Waals surface area (Å²) < 4.78 is 112. The van der Waals surface area contributed by atoms with Gasteiger partial charge in [-0.2, -0.15) is 5.26 Å². The predicted octanol–water partition coefficient (Wildman–Crippen LogP) is 18.4. The van der Waals surface area contributed by atoms with Gasteiger partial charge in [-0.15, -0.1) is 22.7 Å². The van der Waals surface area contributed by atoms with Gasteiger partial charge in [0.15, 0.2) is 5.76 Å². The minimum atomic E-state index is -1.04. The van der Waals surface area contributed by atoms with Gasteiger partial charge in [-0.05, 0) is 195 Å². The summed E-state index contributed by atoms with van der Waals surface area (Å²) in [4.78, 5) is 21.4. The van der Waals surface area contributed by atoms with E-state index in [1.807, 2.05) is 73.7 Å². The quantitative estimate of drug-likeness (QED) is 0.0270. The smallest absolute Gasteiger partial charge is 0.304 e. The summed E-state index contributed by atoms with van der Waals surface area (Å²) in [6.45, 7) is 40.9. The first kappa shape index (κ1) is 107. The number of fused-ring (bicyclic) bond motifs is 40. The van der Waals surface area contributed by atoms with Crippen LogP contribution in [-0.2, 0) is 70.1 Å². The first-order valence-electron chi connectivity index (χ1n) is 49.0. The minimum absolute atomic E-state index is 0.0179. The van der Waals surface area contributed by atoms with Crippen LogP contribution in [0.2, 0.25) is 0 Å². The molecule has 9 aromatic rings. The number of nitriles is 2. The van der Waals surface area contributed by atoms with Crippen molar-refractivity contribution in [3.8, 4) is 56.4 Å². The molecule has 1 unspecified atom stereocenters. The van der Waals surface area contributed by atoms with E-state index in [9.17, 15) is 15.6 Å². The van der Waals surface area contributed by atoms with Gasteiger partial charge in [0.1, 0.15) is 85.8 Å². The fraction of sp³-hybridized carbons (Fsp3) is 0.438. The number of hydrogen-bond donors (Lipinski definition) is 1. The molecular weight excluding hydrogens is 1840 g/mol. The normalized spacial score (nSPS) is 18.0. The number of ether oxygens (including phenoxy) is 18. The Bertz CT molecular complexity index is 5510. The second kappa shape index (κ2) is 58.0. The monoisotopic (exact) mass is 1980 g/mol. The Kier molecular flexibility index (Phi) is 43.8. The number of hydrogen-bond acceptors (Lipinski definition) is 29. The number of aliphatic hydroxyl groups excluding tert-OH is 1. The van der Waals surface area contributed by atoms with Crippen molar-refractivity contribution in [2.45, 2.75) is 66.3 Å². The zero-order valence-corrected chi connectivity index (χ0v) is 84.9. The van der Waals surface area contributed by atoms with Crippen LogP contribution in [0, 0.1) is 56.9 Å². The molecule has 1 N–H and O–H groups in total. The van der Waals surface area contributed by atoms with E-state index in [4.69, 9.17) is 91.8 Å². The van der Waals surface area contributed by atoms with Gasteiger partial charge >= 0.3 is 5.70 Å². The lowest BCUT2D eigenvalue weighted by Crippen LogP contribution is -2.34. The topological polar surface area (TPSA) is 258 Å². The SMILES string of the molecule is COCCOc1cc(/C=C/c2ccc(-c3ccc(CO)s3)s2)ccc1N1CCOc2cc(C)ccc2N2CCOCCOCCN(CCOCCOCC2)c2ccc(C)cc2OCC1.[C-]#[N+]/C(C#N)=C1\OC(C)(CCCOCc2ccc(C=C)cc2)C(/C=C/c2ccc(N3CCOc4cc(C)ccc4N4CCOCCOCCN(CCOCCOCC4)c4ccc(C)cc4OCC3)c(OCCOC)c2)=C1C#N. The molecule has 28 nitrogen and oxygen atoms in total. The average Bonchev–Trinajstić information content (AvgIpc) is 1.21. The highest BCUT2D eigenvalue weighted by Crippen LogP contribution is 2.46. The lowest BCUT2D eigenvalue weighted by Gasteiger charge is -2.30. The van der Waals surface area contributed by atoms with Crippen molar-refractivity contribution >= 4 is 81.1 Å². The Balaban J connectivity index is 0.000000243. The van der Waals surface area contributed by atoms with Crippen molar-refractivity contribution < 1.29 is 90.4 Å². The van der Waals surface area contributed by atoms with E-state index in [2.05, 4.69) is 196 Å². The third kappa shape index (κ3) is 32.5. The lowest BCUT2D eigenvalue weighted by atomic mass is 9.88. The zero-order chi connectivity index (χ0) is 99.3. The third-order valence-corrected chi connectivity index (χ3v) is 26.8. The molecule has 30 heteroatoms. The molecule has 756 valence electrons. The van der Waals surface area contributed by atoms with Gasteiger partial charge in [0, 0.05) is 98.3 Å². The summed E-state index contributed by atoms with van der Waals surface area (Å²) in [6.07, 6.45) is 10.8. The Morgan fingerprint density at radius 1 is 0.430 bits per heavy atom. The zero-order valence-electron chi connectivity index (χ0n) is 83.2. The number of allylic oxidation sites excluding steroid dienone is 2. The number of benzene rings is 7. The van der Waals surface area contributed by atoms with E-state index in [0.29, 0.717) is 268 Å². The molecule has 0 saturated carbocycles. The number of thiophene rings is 2. The van der Waals surface area contributed by atoms with Gasteiger partial charge in [-0.25, -0.2) is 10.1 Å². The number of anilines is 6. The van der Waals surface area contributed by atoms with Gasteiger partial charge in [0.25, 0.3) is 0 Å². The van der Waals surface area contributed by atoms with E-state index < -0.39 is 5.60 Å². The molecule has 0 amide bonds. The molecule has 0 radical (unpaired) electrons. The fourth-order valence-electron chi connectivity index (χ4n) is 16.9. The van der Waals surface area contributed by atoms with E-state index >= 15 is 0 Å². The summed E-state index contributed by atoms with van der Waals surface area (Å²) in [6, 6.07) is 58.1. The summed E-state index contributed by atoms with van der Waals surface area (Å²) in [7, 11) is 3.32. The summed E-state index contributed by atoms with van der Waals surface area (Å²) in [5.41, 5.74) is 13.2. The van der Waals surface area contributed by atoms with Crippen molar-refractivity contribution in [1.82, 2.24) is 0 Å². The van der Waals surface area contributed by atoms with Crippen LogP contribution in [0.15, 0.2) is 193 Å². The van der Waals surface area contributed by atoms with Crippen LogP contribution < -0.4 is 57.8 Å². The highest BCUT2D eigenvalue weighted by Gasteiger charge is 2.42. The number of nitrogens with zero attached hydrogens (tertiary/aromatic N) is 9. The van der Waals surface area contributed by atoms with Gasteiger partial charge in [0.05, 0.1) is 211 Å². The van der Waals surface area contributed by atoms with Crippen LogP contribution >= 0.6 is 22.7 Å². The molecule has 2 saturated heterocycles. The minimum Gasteiger partial charge on any atom is -0.492 e. The number of aryl methyl sites for hydroxylation is 4. The van der Waals surface area contributed by atoms with Crippen LogP contribution in [0.1, 0.15) is 74.0 Å². The molecule has 7 aliphatic heterocycles. The molecular formula is C112H137N9O19S2. The largest absolute Gasteiger partial charge is 0.492 e. The second-order valence-corrected chi connectivity index (χ2v) is 37.0. The number of aliphatic hydroxyl groups is 1. The van der Waals surface area contributed by atoms with Crippen LogP contribution in [0.5, 0.6) is 34.5 Å². The Morgan fingerprint density at radius 2 is 0.796 bits per heavy atom. The highest BCUT2D eigenvalue weighted by molar-refractivity contribution is 7.22. The van der Waals surface area contributed by atoms with E-state index in [1.165, 1.54) is 4.88 Å². The molecule has 1 atom stereocenters. The van der Waals surface area contributed by atoms with Crippen molar-refractivity contribution in [2.24, 2.45) is 0 Å². The summed E-state index contributed by atoms with van der Waals surface area (Å²) in [5, 5.41) is 30.1. The molecule has 2 fully saturated rings. The van der Waals surface area contributed by atoms with E-state index in [1.54, 1.807) is 43.0 Å². The maximum absolute atomic E-state index is 10.6. The number of methoxy groups -OCH3 is 2. The fourth-order valence-corrected chi connectivity index (χ4v) is 18.8. The maximum atomic E-state index is 10.6. The lowest BCUT2D eigenvalue weighted by molar-refractivity contribution is 0.0435. The van der Waals surface area contributed by atoms with Crippen molar-refractivity contribution in [3.63, 3.8) is 0 Å². The van der Waals surface area contributed by atoms with Crippen LogP contribution in [0.25, 0.3) is 38.9 Å². The van der Waals surface area contributed by atoms with Crippen LogP contribution in [0.3, 0.4) is 0 Å². The van der Waals surface area contributed by atoms with Crippen molar-refractivity contribution in [2.75, 3.05) is 287 Å². The highest BCUT2D eigenvalue weighted by atomic mass is 32.1. The molecule has 0 aliphatic carbocycles. The molecule has 7 aromatic carbocycles. The number of rotatable bonds is 23. The maximum Gasteiger partial charge on any atom is 0.304 e. The summed E-state index contributed by atoms with van der Waals surface area (Å²) >= 11 is 3.35. The van der Waals surface area contributed by atoms with Gasteiger partial charge in [-0.3, -0.25) is 0 Å². The average molecular weight is 1980 g/mol. The molecule has 0 spiro atoms. The van der Waals surface area contributed by atoms with Gasteiger partial charge in [-0.1, -0.05) is 91.5 Å².